The normalized spacial score (nSPS) is 17.1. The molecule has 0 bridgehead atoms. The third kappa shape index (κ3) is 3.97. The van der Waals surface area contributed by atoms with Crippen LogP contribution in [0.4, 0.5) is 10.5 Å². The van der Waals surface area contributed by atoms with Gasteiger partial charge in [0.25, 0.3) is 0 Å². The van der Waals surface area contributed by atoms with Crippen molar-refractivity contribution in [2.24, 2.45) is 0 Å². The van der Waals surface area contributed by atoms with Gasteiger partial charge in [0.15, 0.2) is 0 Å². The molecule has 0 saturated carbocycles. The Morgan fingerprint density at radius 1 is 1.36 bits per heavy atom. The molecule has 3 amide bonds. The summed E-state index contributed by atoms with van der Waals surface area (Å²) >= 11 is 0. The minimum absolute atomic E-state index is 0.221. The molecule has 1 aromatic rings. The van der Waals surface area contributed by atoms with Crippen molar-refractivity contribution in [3.8, 4) is 0 Å². The molecule has 1 saturated heterocycles. The van der Waals surface area contributed by atoms with E-state index in [0.717, 1.165) is 5.56 Å². The zero-order chi connectivity index (χ0) is 16.1. The minimum Gasteiger partial charge on any atom is -0.480 e. The number of aliphatic carboxylic acids is 1. The number of aryl methyl sites for hydroxylation is 1. The summed E-state index contributed by atoms with van der Waals surface area (Å²) in [7, 11) is 0. The molecule has 2 rings (SSSR count). The second-order valence-electron chi connectivity index (χ2n) is 5.26. The average molecular weight is 305 g/mol. The Hall–Kier alpha value is -2.57. The molecule has 1 fully saturated rings. The fourth-order valence-corrected chi connectivity index (χ4v) is 2.48. The van der Waals surface area contributed by atoms with Crippen LogP contribution in [-0.4, -0.2) is 47.0 Å². The third-order valence-electron chi connectivity index (χ3n) is 3.53. The summed E-state index contributed by atoms with van der Waals surface area (Å²) in [6.45, 7) is 2.10. The molecule has 0 aliphatic carbocycles. The number of benzene rings is 1. The molecule has 1 unspecified atom stereocenters. The highest BCUT2D eigenvalue weighted by atomic mass is 16.4. The highest BCUT2D eigenvalue weighted by molar-refractivity contribution is 5.93. The Morgan fingerprint density at radius 3 is 2.82 bits per heavy atom. The van der Waals surface area contributed by atoms with E-state index in [1.54, 1.807) is 6.07 Å². The lowest BCUT2D eigenvalue weighted by molar-refractivity contribution is -0.147. The maximum atomic E-state index is 12.0. The molecule has 118 valence electrons. The molecule has 1 heterocycles. The first kappa shape index (κ1) is 15.8. The fourth-order valence-electron chi connectivity index (χ4n) is 2.48. The SMILES string of the molecule is Cc1cccc(NC(=O)NCC(=O)N2CCCC2C(=O)O)c1. The minimum atomic E-state index is -1.00. The van der Waals surface area contributed by atoms with Crippen molar-refractivity contribution >= 4 is 23.6 Å². The van der Waals surface area contributed by atoms with Crippen LogP contribution in [-0.2, 0) is 9.59 Å². The number of hydrogen-bond acceptors (Lipinski definition) is 3. The summed E-state index contributed by atoms with van der Waals surface area (Å²) in [5.41, 5.74) is 1.64. The van der Waals surface area contributed by atoms with Gasteiger partial charge in [-0.15, -0.1) is 0 Å². The van der Waals surface area contributed by atoms with Crippen LogP contribution < -0.4 is 10.6 Å². The standard InChI is InChI=1S/C15H19N3O4/c1-10-4-2-5-11(8-10)17-15(22)16-9-13(19)18-7-3-6-12(18)14(20)21/h2,4-5,8,12H,3,6-7,9H2,1H3,(H,20,21)(H2,16,17,22). The summed E-state index contributed by atoms with van der Waals surface area (Å²) in [6.07, 6.45) is 1.12. The number of nitrogens with one attached hydrogen (secondary N) is 2. The highest BCUT2D eigenvalue weighted by Gasteiger charge is 2.33. The quantitative estimate of drug-likeness (QED) is 0.778. The predicted octanol–water partition coefficient (Wildman–Crippen LogP) is 1.19. The van der Waals surface area contributed by atoms with Crippen molar-refractivity contribution < 1.29 is 19.5 Å². The molecule has 1 aliphatic heterocycles. The van der Waals surface area contributed by atoms with Crippen molar-refractivity contribution in [2.75, 3.05) is 18.4 Å². The first-order chi connectivity index (χ1) is 10.5. The molecular weight excluding hydrogens is 286 g/mol. The van der Waals surface area contributed by atoms with E-state index in [1.807, 2.05) is 25.1 Å². The van der Waals surface area contributed by atoms with E-state index < -0.39 is 18.0 Å². The average Bonchev–Trinajstić information content (AvgIpc) is 2.94. The van der Waals surface area contributed by atoms with E-state index >= 15 is 0 Å². The van der Waals surface area contributed by atoms with E-state index in [2.05, 4.69) is 10.6 Å². The lowest BCUT2D eigenvalue weighted by Gasteiger charge is -2.21. The summed E-state index contributed by atoms with van der Waals surface area (Å²) in [5.74, 6) is -1.39. The Labute approximate surface area is 128 Å². The molecule has 3 N–H and O–H groups in total. The Balaban J connectivity index is 1.83. The van der Waals surface area contributed by atoms with Crippen LogP contribution in [0.15, 0.2) is 24.3 Å². The summed E-state index contributed by atoms with van der Waals surface area (Å²) in [4.78, 5) is 36.1. The van der Waals surface area contributed by atoms with Gasteiger partial charge in [0.1, 0.15) is 6.04 Å². The van der Waals surface area contributed by atoms with Crippen LogP contribution in [0.3, 0.4) is 0 Å². The number of carbonyl (C=O) groups excluding carboxylic acids is 2. The van der Waals surface area contributed by atoms with Gasteiger partial charge in [-0.3, -0.25) is 4.79 Å². The number of urea groups is 1. The zero-order valence-electron chi connectivity index (χ0n) is 12.3. The van der Waals surface area contributed by atoms with Gasteiger partial charge >= 0.3 is 12.0 Å². The number of carbonyl (C=O) groups is 3. The van der Waals surface area contributed by atoms with Crippen LogP contribution in [0.5, 0.6) is 0 Å². The van der Waals surface area contributed by atoms with Crippen LogP contribution in [0.2, 0.25) is 0 Å². The van der Waals surface area contributed by atoms with Crippen LogP contribution in [0.1, 0.15) is 18.4 Å². The molecule has 7 nitrogen and oxygen atoms in total. The number of nitrogens with zero attached hydrogens (tertiary/aromatic N) is 1. The predicted molar refractivity (Wildman–Crippen MR) is 80.6 cm³/mol. The van der Waals surface area contributed by atoms with Gasteiger partial charge in [0.05, 0.1) is 6.54 Å². The van der Waals surface area contributed by atoms with Crippen LogP contribution in [0, 0.1) is 6.92 Å². The first-order valence-electron chi connectivity index (χ1n) is 7.11. The molecule has 1 aliphatic rings. The van der Waals surface area contributed by atoms with E-state index in [4.69, 9.17) is 5.11 Å². The molecule has 7 heteroatoms. The Bertz CT molecular complexity index is 588. The van der Waals surface area contributed by atoms with Crippen LogP contribution >= 0.6 is 0 Å². The van der Waals surface area contributed by atoms with Crippen LogP contribution in [0.25, 0.3) is 0 Å². The number of amides is 3. The number of carboxylic acids is 1. The number of hydrogen-bond donors (Lipinski definition) is 3. The number of carboxylic acid groups (broad SMARTS) is 1. The number of likely N-dealkylation sites (tertiary alicyclic amines) is 1. The molecule has 1 atom stereocenters. The van der Waals surface area contributed by atoms with Gasteiger partial charge in [-0.1, -0.05) is 12.1 Å². The van der Waals surface area contributed by atoms with Crippen molar-refractivity contribution in [3.05, 3.63) is 29.8 Å². The van der Waals surface area contributed by atoms with Gasteiger partial charge < -0.3 is 20.6 Å². The Morgan fingerprint density at radius 2 is 2.14 bits per heavy atom. The van der Waals surface area contributed by atoms with Crippen molar-refractivity contribution in [3.63, 3.8) is 0 Å². The fraction of sp³-hybridized carbons (Fsp3) is 0.400. The monoisotopic (exact) mass is 305 g/mol. The molecule has 0 spiro atoms. The van der Waals surface area contributed by atoms with Gasteiger partial charge in [-0.25, -0.2) is 9.59 Å². The van der Waals surface area contributed by atoms with Crippen molar-refractivity contribution in [1.82, 2.24) is 10.2 Å². The summed E-state index contributed by atoms with van der Waals surface area (Å²) < 4.78 is 0. The summed E-state index contributed by atoms with van der Waals surface area (Å²) in [5, 5.41) is 14.1. The molecule has 1 aromatic carbocycles. The molecular formula is C15H19N3O4. The molecule has 0 aromatic heterocycles. The third-order valence-corrected chi connectivity index (χ3v) is 3.53. The zero-order valence-corrected chi connectivity index (χ0v) is 12.3. The summed E-state index contributed by atoms with van der Waals surface area (Å²) in [6, 6.07) is 6.00. The maximum absolute atomic E-state index is 12.0. The van der Waals surface area contributed by atoms with E-state index in [1.165, 1.54) is 4.90 Å². The molecule has 0 radical (unpaired) electrons. The topological polar surface area (TPSA) is 98.7 Å². The van der Waals surface area contributed by atoms with Crippen molar-refractivity contribution in [1.29, 1.82) is 0 Å². The van der Waals surface area contributed by atoms with E-state index in [0.29, 0.717) is 25.1 Å². The van der Waals surface area contributed by atoms with E-state index in [-0.39, 0.29) is 12.5 Å². The lowest BCUT2D eigenvalue weighted by Crippen LogP contribution is -2.46. The largest absolute Gasteiger partial charge is 0.480 e. The van der Waals surface area contributed by atoms with Gasteiger partial charge in [0.2, 0.25) is 5.91 Å². The second-order valence-corrected chi connectivity index (χ2v) is 5.26. The van der Waals surface area contributed by atoms with Gasteiger partial charge in [-0.2, -0.15) is 0 Å². The van der Waals surface area contributed by atoms with E-state index in [9.17, 15) is 14.4 Å². The first-order valence-corrected chi connectivity index (χ1v) is 7.11. The number of rotatable bonds is 4. The smallest absolute Gasteiger partial charge is 0.326 e. The van der Waals surface area contributed by atoms with Gasteiger partial charge in [-0.05, 0) is 37.5 Å². The maximum Gasteiger partial charge on any atom is 0.326 e. The lowest BCUT2D eigenvalue weighted by atomic mass is 10.2. The van der Waals surface area contributed by atoms with Crippen molar-refractivity contribution in [2.45, 2.75) is 25.8 Å². The van der Waals surface area contributed by atoms with Gasteiger partial charge in [0, 0.05) is 12.2 Å². The number of anilines is 1. The molecule has 22 heavy (non-hydrogen) atoms. The Kier molecular flexibility index (Phi) is 4.98. The highest BCUT2D eigenvalue weighted by Crippen LogP contribution is 2.17. The second kappa shape index (κ2) is 6.93.